The number of halogens is 1. The molecule has 0 aliphatic carbocycles. The Morgan fingerprint density at radius 1 is 1.44 bits per heavy atom. The van der Waals surface area contributed by atoms with Crippen LogP contribution < -0.4 is 0 Å². The number of carbonyl (C=O) groups is 1. The first-order chi connectivity index (χ1) is 7.50. The van der Waals surface area contributed by atoms with E-state index in [0.717, 1.165) is 0 Å². The zero-order valence-electron chi connectivity index (χ0n) is 9.48. The molecule has 0 aliphatic rings. The molecule has 1 rings (SSSR count). The van der Waals surface area contributed by atoms with Crippen molar-refractivity contribution in [3.05, 3.63) is 33.4 Å². The van der Waals surface area contributed by atoms with Gasteiger partial charge in [0.15, 0.2) is 0 Å². The summed E-state index contributed by atoms with van der Waals surface area (Å²) in [7, 11) is 0. The first-order valence-corrected chi connectivity index (χ1v) is 6.28. The first kappa shape index (κ1) is 13.4. The van der Waals surface area contributed by atoms with Crippen molar-refractivity contribution in [3.8, 4) is 0 Å². The standard InChI is InChI=1S/C12H16INO2/c1-9(2)14(8-12(15)16)7-10-5-3-4-6-11(10)13/h3-6,9H,7-8H2,1-2H3,(H,15,16). The SMILES string of the molecule is CC(C)N(CC(=O)O)Cc1ccccc1I. The molecule has 0 unspecified atom stereocenters. The van der Waals surface area contributed by atoms with Crippen molar-refractivity contribution in [1.29, 1.82) is 0 Å². The van der Waals surface area contributed by atoms with Gasteiger partial charge in [-0.3, -0.25) is 9.69 Å². The summed E-state index contributed by atoms with van der Waals surface area (Å²) >= 11 is 2.28. The Labute approximate surface area is 110 Å². The molecule has 4 heteroatoms. The third-order valence-corrected chi connectivity index (χ3v) is 3.45. The van der Waals surface area contributed by atoms with Gasteiger partial charge in [-0.25, -0.2) is 0 Å². The lowest BCUT2D eigenvalue weighted by Crippen LogP contribution is -2.35. The van der Waals surface area contributed by atoms with Crippen LogP contribution >= 0.6 is 22.6 Å². The molecule has 0 spiro atoms. The maximum absolute atomic E-state index is 10.7. The molecule has 0 saturated carbocycles. The predicted molar refractivity (Wildman–Crippen MR) is 72.3 cm³/mol. The van der Waals surface area contributed by atoms with Crippen LogP contribution in [-0.2, 0) is 11.3 Å². The van der Waals surface area contributed by atoms with E-state index in [1.54, 1.807) is 0 Å². The minimum atomic E-state index is -0.778. The molecule has 88 valence electrons. The first-order valence-electron chi connectivity index (χ1n) is 5.20. The summed E-state index contributed by atoms with van der Waals surface area (Å²) < 4.78 is 1.18. The lowest BCUT2D eigenvalue weighted by Gasteiger charge is -2.24. The third-order valence-electron chi connectivity index (χ3n) is 2.40. The molecule has 0 heterocycles. The Bertz CT molecular complexity index is 366. The van der Waals surface area contributed by atoms with Crippen LogP contribution in [0.5, 0.6) is 0 Å². The van der Waals surface area contributed by atoms with Crippen molar-refractivity contribution in [2.75, 3.05) is 6.54 Å². The summed E-state index contributed by atoms with van der Waals surface area (Å²) in [4.78, 5) is 12.7. The number of hydrogen-bond acceptors (Lipinski definition) is 2. The van der Waals surface area contributed by atoms with Gasteiger partial charge in [-0.2, -0.15) is 0 Å². The molecule has 0 aromatic heterocycles. The molecule has 1 aromatic rings. The molecule has 0 fully saturated rings. The van der Waals surface area contributed by atoms with Gasteiger partial charge in [-0.15, -0.1) is 0 Å². The molecule has 0 aliphatic heterocycles. The van der Waals surface area contributed by atoms with Crippen LogP contribution in [-0.4, -0.2) is 28.6 Å². The molecule has 0 radical (unpaired) electrons. The molecular weight excluding hydrogens is 317 g/mol. The van der Waals surface area contributed by atoms with E-state index in [9.17, 15) is 4.79 Å². The Kier molecular flexibility index (Phi) is 5.21. The van der Waals surface area contributed by atoms with E-state index in [2.05, 4.69) is 22.6 Å². The van der Waals surface area contributed by atoms with Gasteiger partial charge >= 0.3 is 5.97 Å². The minimum absolute atomic E-state index is 0.0860. The van der Waals surface area contributed by atoms with Crippen molar-refractivity contribution in [2.45, 2.75) is 26.4 Å². The van der Waals surface area contributed by atoms with Gasteiger partial charge in [0, 0.05) is 16.2 Å². The highest BCUT2D eigenvalue weighted by atomic mass is 127. The summed E-state index contributed by atoms with van der Waals surface area (Å²) in [6.45, 7) is 4.79. The average molecular weight is 333 g/mol. The lowest BCUT2D eigenvalue weighted by molar-refractivity contribution is -0.138. The second-order valence-corrected chi connectivity index (χ2v) is 5.15. The van der Waals surface area contributed by atoms with Gasteiger partial charge in [0.2, 0.25) is 0 Å². The molecule has 3 nitrogen and oxygen atoms in total. The molecule has 1 N–H and O–H groups in total. The number of carboxylic acid groups (broad SMARTS) is 1. The lowest BCUT2D eigenvalue weighted by atomic mass is 10.2. The topological polar surface area (TPSA) is 40.5 Å². The van der Waals surface area contributed by atoms with Crippen molar-refractivity contribution < 1.29 is 9.90 Å². The zero-order valence-corrected chi connectivity index (χ0v) is 11.6. The van der Waals surface area contributed by atoms with E-state index >= 15 is 0 Å². The maximum atomic E-state index is 10.7. The summed E-state index contributed by atoms with van der Waals surface area (Å²) in [5.41, 5.74) is 1.18. The number of rotatable bonds is 5. The Hall–Kier alpha value is -0.620. The average Bonchev–Trinajstić information content (AvgIpc) is 2.19. The smallest absolute Gasteiger partial charge is 0.317 e. The van der Waals surface area contributed by atoms with E-state index in [4.69, 9.17) is 5.11 Å². The molecule has 0 atom stereocenters. The van der Waals surface area contributed by atoms with E-state index in [1.165, 1.54) is 9.13 Å². The minimum Gasteiger partial charge on any atom is -0.480 e. The van der Waals surface area contributed by atoms with Crippen LogP contribution in [0.15, 0.2) is 24.3 Å². The van der Waals surface area contributed by atoms with Crippen LogP contribution in [0.25, 0.3) is 0 Å². The fourth-order valence-corrected chi connectivity index (χ4v) is 2.00. The highest BCUT2D eigenvalue weighted by Gasteiger charge is 2.14. The van der Waals surface area contributed by atoms with Crippen molar-refractivity contribution in [1.82, 2.24) is 4.90 Å². The third kappa shape index (κ3) is 4.09. The van der Waals surface area contributed by atoms with Crippen LogP contribution in [0.1, 0.15) is 19.4 Å². The number of carboxylic acids is 1. The molecule has 0 amide bonds. The summed E-state index contributed by atoms with van der Waals surface area (Å²) in [5.74, 6) is -0.778. The van der Waals surface area contributed by atoms with E-state index < -0.39 is 5.97 Å². The molecule has 16 heavy (non-hydrogen) atoms. The predicted octanol–water partition coefficient (Wildman–Crippen LogP) is 2.59. The van der Waals surface area contributed by atoms with Crippen LogP contribution in [0, 0.1) is 3.57 Å². The van der Waals surface area contributed by atoms with Crippen LogP contribution in [0.3, 0.4) is 0 Å². The molecule has 0 saturated heterocycles. The fraction of sp³-hybridized carbons (Fsp3) is 0.417. The van der Waals surface area contributed by atoms with Crippen LogP contribution in [0.4, 0.5) is 0 Å². The van der Waals surface area contributed by atoms with Crippen molar-refractivity contribution in [3.63, 3.8) is 0 Å². The number of aliphatic carboxylic acids is 1. The van der Waals surface area contributed by atoms with Gasteiger partial charge in [0.25, 0.3) is 0 Å². The van der Waals surface area contributed by atoms with Crippen molar-refractivity contribution in [2.24, 2.45) is 0 Å². The van der Waals surface area contributed by atoms with Crippen molar-refractivity contribution >= 4 is 28.6 Å². The van der Waals surface area contributed by atoms with E-state index in [-0.39, 0.29) is 12.6 Å². The monoisotopic (exact) mass is 333 g/mol. The summed E-state index contributed by atoms with van der Waals surface area (Å²) in [6.07, 6.45) is 0. The van der Waals surface area contributed by atoms with Gasteiger partial charge in [-0.1, -0.05) is 18.2 Å². The maximum Gasteiger partial charge on any atom is 0.317 e. The van der Waals surface area contributed by atoms with Gasteiger partial charge in [-0.05, 0) is 48.1 Å². The Balaban J connectivity index is 2.76. The number of hydrogen-bond donors (Lipinski definition) is 1. The second-order valence-electron chi connectivity index (χ2n) is 3.98. The Morgan fingerprint density at radius 3 is 2.56 bits per heavy atom. The number of benzene rings is 1. The highest BCUT2D eigenvalue weighted by Crippen LogP contribution is 2.15. The zero-order chi connectivity index (χ0) is 12.1. The van der Waals surface area contributed by atoms with E-state index in [0.29, 0.717) is 6.54 Å². The second kappa shape index (κ2) is 6.20. The molecule has 1 aromatic carbocycles. The summed E-state index contributed by atoms with van der Waals surface area (Å²) in [6, 6.07) is 8.28. The largest absolute Gasteiger partial charge is 0.480 e. The molecule has 0 bridgehead atoms. The normalized spacial score (nSPS) is 11.1. The molecular formula is C12H16INO2. The van der Waals surface area contributed by atoms with Gasteiger partial charge in [0.05, 0.1) is 6.54 Å². The van der Waals surface area contributed by atoms with Gasteiger partial charge in [0.1, 0.15) is 0 Å². The quantitative estimate of drug-likeness (QED) is 0.842. The summed E-state index contributed by atoms with van der Waals surface area (Å²) in [5, 5.41) is 8.84. The fourth-order valence-electron chi connectivity index (χ4n) is 1.44. The highest BCUT2D eigenvalue weighted by molar-refractivity contribution is 14.1. The van der Waals surface area contributed by atoms with Gasteiger partial charge < -0.3 is 5.11 Å². The Morgan fingerprint density at radius 2 is 2.06 bits per heavy atom. The number of nitrogens with zero attached hydrogens (tertiary/aromatic N) is 1. The van der Waals surface area contributed by atoms with Crippen LogP contribution in [0.2, 0.25) is 0 Å². The van der Waals surface area contributed by atoms with E-state index in [1.807, 2.05) is 43.0 Å².